The zero-order chi connectivity index (χ0) is 7.98. The molecule has 0 aromatic carbocycles. The average Bonchev–Trinajstić information content (AvgIpc) is 2.40. The molecule has 1 amide bonds. The summed E-state index contributed by atoms with van der Waals surface area (Å²) in [7, 11) is 0. The van der Waals surface area contributed by atoms with Crippen LogP contribution in [0.25, 0.3) is 0 Å². The minimum absolute atomic E-state index is 0.219. The average molecular weight is 143 g/mol. The Balaban J connectivity index is 0.000000371. The van der Waals surface area contributed by atoms with Crippen LogP contribution in [-0.2, 0) is 4.79 Å². The van der Waals surface area contributed by atoms with Crippen molar-refractivity contribution in [3.63, 3.8) is 0 Å². The Morgan fingerprint density at radius 3 is 2.40 bits per heavy atom. The second-order valence-corrected chi connectivity index (χ2v) is 2.21. The van der Waals surface area contributed by atoms with Crippen molar-refractivity contribution in [2.45, 2.75) is 46.1 Å². The summed E-state index contributed by atoms with van der Waals surface area (Å²) >= 11 is 0. The van der Waals surface area contributed by atoms with Gasteiger partial charge in [0.1, 0.15) is 0 Å². The van der Waals surface area contributed by atoms with E-state index in [1.807, 2.05) is 13.8 Å². The Morgan fingerprint density at radius 1 is 1.60 bits per heavy atom. The maximum absolute atomic E-state index is 10.5. The maximum atomic E-state index is 10.5. The fourth-order valence-corrected chi connectivity index (χ4v) is 0.984. The molecule has 0 radical (unpaired) electrons. The van der Waals surface area contributed by atoms with Crippen molar-refractivity contribution in [2.24, 2.45) is 0 Å². The van der Waals surface area contributed by atoms with Crippen molar-refractivity contribution in [3.05, 3.63) is 0 Å². The predicted octanol–water partition coefficient (Wildman–Crippen LogP) is 1.70. The SMILES string of the molecule is CC.CCC1CCC(=O)N1. The molecular formula is C8H17NO. The van der Waals surface area contributed by atoms with Gasteiger partial charge in [0.2, 0.25) is 5.91 Å². The zero-order valence-electron chi connectivity index (χ0n) is 7.11. The molecule has 1 unspecified atom stereocenters. The number of hydrogen-bond acceptors (Lipinski definition) is 1. The molecule has 0 spiro atoms. The topological polar surface area (TPSA) is 29.1 Å². The fourth-order valence-electron chi connectivity index (χ4n) is 0.984. The fraction of sp³-hybridized carbons (Fsp3) is 0.875. The minimum Gasteiger partial charge on any atom is -0.353 e. The van der Waals surface area contributed by atoms with Crippen LogP contribution in [0.2, 0.25) is 0 Å². The van der Waals surface area contributed by atoms with Gasteiger partial charge in [-0.3, -0.25) is 4.79 Å². The van der Waals surface area contributed by atoms with Gasteiger partial charge in [0.05, 0.1) is 0 Å². The first kappa shape index (κ1) is 9.47. The van der Waals surface area contributed by atoms with Crippen LogP contribution in [0.3, 0.4) is 0 Å². The van der Waals surface area contributed by atoms with E-state index in [1.165, 1.54) is 0 Å². The molecule has 1 aliphatic rings. The van der Waals surface area contributed by atoms with E-state index in [4.69, 9.17) is 0 Å². The monoisotopic (exact) mass is 143 g/mol. The molecular weight excluding hydrogens is 126 g/mol. The van der Waals surface area contributed by atoms with Gasteiger partial charge in [0.15, 0.2) is 0 Å². The van der Waals surface area contributed by atoms with E-state index in [1.54, 1.807) is 0 Å². The van der Waals surface area contributed by atoms with Gasteiger partial charge < -0.3 is 5.32 Å². The molecule has 1 atom stereocenters. The van der Waals surface area contributed by atoms with Crippen molar-refractivity contribution in [1.82, 2.24) is 5.32 Å². The number of carbonyl (C=O) groups is 1. The van der Waals surface area contributed by atoms with Gasteiger partial charge in [-0.15, -0.1) is 0 Å². The van der Waals surface area contributed by atoms with Gasteiger partial charge >= 0.3 is 0 Å². The molecule has 1 aliphatic heterocycles. The molecule has 1 rings (SSSR count). The molecule has 1 fully saturated rings. The van der Waals surface area contributed by atoms with Crippen molar-refractivity contribution >= 4 is 5.91 Å². The summed E-state index contributed by atoms with van der Waals surface area (Å²) < 4.78 is 0. The molecule has 10 heavy (non-hydrogen) atoms. The summed E-state index contributed by atoms with van der Waals surface area (Å²) in [5.74, 6) is 0.219. The third-order valence-corrected chi connectivity index (χ3v) is 1.58. The Labute approximate surface area is 63.0 Å². The van der Waals surface area contributed by atoms with Gasteiger partial charge in [0, 0.05) is 12.5 Å². The lowest BCUT2D eigenvalue weighted by Gasteiger charge is -2.02. The van der Waals surface area contributed by atoms with Crippen molar-refractivity contribution in [1.29, 1.82) is 0 Å². The van der Waals surface area contributed by atoms with Crippen molar-refractivity contribution < 1.29 is 4.79 Å². The summed E-state index contributed by atoms with van der Waals surface area (Å²) in [5.41, 5.74) is 0. The second-order valence-electron chi connectivity index (χ2n) is 2.21. The highest BCUT2D eigenvalue weighted by molar-refractivity contribution is 5.78. The predicted molar refractivity (Wildman–Crippen MR) is 42.8 cm³/mol. The van der Waals surface area contributed by atoms with Gasteiger partial charge in [0.25, 0.3) is 0 Å². The second kappa shape index (κ2) is 5.27. The maximum Gasteiger partial charge on any atom is 0.220 e. The minimum atomic E-state index is 0.219. The highest BCUT2D eigenvalue weighted by atomic mass is 16.1. The lowest BCUT2D eigenvalue weighted by molar-refractivity contribution is -0.119. The molecule has 1 heterocycles. The first-order valence-corrected chi connectivity index (χ1v) is 4.12. The number of nitrogens with one attached hydrogen (secondary N) is 1. The standard InChI is InChI=1S/C6H11NO.C2H6/c1-2-5-3-4-6(8)7-5;1-2/h5H,2-4H2,1H3,(H,7,8);1-2H3. The van der Waals surface area contributed by atoms with Crippen LogP contribution in [0.15, 0.2) is 0 Å². The van der Waals surface area contributed by atoms with Gasteiger partial charge in [-0.25, -0.2) is 0 Å². The quantitative estimate of drug-likeness (QED) is 0.594. The Hall–Kier alpha value is -0.530. The largest absolute Gasteiger partial charge is 0.353 e. The summed E-state index contributed by atoms with van der Waals surface area (Å²) in [6, 6.07) is 0.475. The third kappa shape index (κ3) is 2.85. The molecule has 60 valence electrons. The highest BCUT2D eigenvalue weighted by Gasteiger charge is 2.17. The lowest BCUT2D eigenvalue weighted by Crippen LogP contribution is -2.23. The van der Waals surface area contributed by atoms with E-state index < -0.39 is 0 Å². The van der Waals surface area contributed by atoms with Crippen LogP contribution in [0.1, 0.15) is 40.0 Å². The van der Waals surface area contributed by atoms with Crippen molar-refractivity contribution in [3.8, 4) is 0 Å². The molecule has 0 saturated carbocycles. The molecule has 0 aliphatic carbocycles. The number of amides is 1. The van der Waals surface area contributed by atoms with E-state index in [9.17, 15) is 4.79 Å². The molecule has 0 bridgehead atoms. The first-order chi connectivity index (χ1) is 4.83. The molecule has 0 aromatic heterocycles. The highest BCUT2D eigenvalue weighted by Crippen LogP contribution is 2.08. The number of hydrogen-bond donors (Lipinski definition) is 1. The summed E-state index contributed by atoms with van der Waals surface area (Å²) in [5, 5.41) is 2.86. The first-order valence-electron chi connectivity index (χ1n) is 4.12. The van der Waals surface area contributed by atoms with Crippen LogP contribution < -0.4 is 5.32 Å². The van der Waals surface area contributed by atoms with E-state index in [0.717, 1.165) is 19.3 Å². The Morgan fingerprint density at radius 2 is 2.20 bits per heavy atom. The summed E-state index contributed by atoms with van der Waals surface area (Å²) in [6.45, 7) is 6.09. The normalized spacial score (nSPS) is 23.1. The van der Waals surface area contributed by atoms with Crippen LogP contribution in [0.4, 0.5) is 0 Å². The van der Waals surface area contributed by atoms with Crippen LogP contribution in [-0.4, -0.2) is 11.9 Å². The van der Waals surface area contributed by atoms with Crippen LogP contribution >= 0.6 is 0 Å². The van der Waals surface area contributed by atoms with E-state index in [2.05, 4.69) is 12.2 Å². The molecule has 2 heteroatoms. The smallest absolute Gasteiger partial charge is 0.220 e. The number of rotatable bonds is 1. The number of carbonyl (C=O) groups excluding carboxylic acids is 1. The third-order valence-electron chi connectivity index (χ3n) is 1.58. The summed E-state index contributed by atoms with van der Waals surface area (Å²) in [6.07, 6.45) is 2.85. The van der Waals surface area contributed by atoms with Gasteiger partial charge in [-0.1, -0.05) is 20.8 Å². The van der Waals surface area contributed by atoms with Gasteiger partial charge in [-0.05, 0) is 12.8 Å². The summed E-state index contributed by atoms with van der Waals surface area (Å²) in [4.78, 5) is 10.5. The van der Waals surface area contributed by atoms with E-state index in [0.29, 0.717) is 6.04 Å². The van der Waals surface area contributed by atoms with Crippen molar-refractivity contribution in [2.75, 3.05) is 0 Å². The van der Waals surface area contributed by atoms with E-state index in [-0.39, 0.29) is 5.91 Å². The van der Waals surface area contributed by atoms with Gasteiger partial charge in [-0.2, -0.15) is 0 Å². The Bertz CT molecular complexity index is 101. The molecule has 1 saturated heterocycles. The molecule has 1 N–H and O–H groups in total. The zero-order valence-corrected chi connectivity index (χ0v) is 7.11. The Kier molecular flexibility index (Phi) is 4.99. The molecule has 2 nitrogen and oxygen atoms in total. The van der Waals surface area contributed by atoms with E-state index >= 15 is 0 Å². The van der Waals surface area contributed by atoms with Crippen LogP contribution in [0.5, 0.6) is 0 Å². The lowest BCUT2D eigenvalue weighted by atomic mass is 10.2. The van der Waals surface area contributed by atoms with Crippen LogP contribution in [0, 0.1) is 0 Å². The molecule has 0 aromatic rings.